The van der Waals surface area contributed by atoms with Crippen LogP contribution in [-0.4, -0.2) is 12.9 Å². The molecule has 0 aliphatic heterocycles. The zero-order valence-electron chi connectivity index (χ0n) is 11.7. The molecule has 3 heteroatoms. The minimum atomic E-state index is 0.154. The third-order valence-corrected chi connectivity index (χ3v) is 3.51. The number of rotatable bonds is 5. The van der Waals surface area contributed by atoms with Gasteiger partial charge in [0.25, 0.3) is 0 Å². The number of hydrogen-bond acceptors (Lipinski definition) is 2. The van der Waals surface area contributed by atoms with Crippen LogP contribution >= 0.6 is 11.6 Å². The first-order valence-electron chi connectivity index (χ1n) is 6.48. The number of halogens is 1. The Balaban J connectivity index is 2.01. The molecule has 0 unspecified atom stereocenters. The predicted molar refractivity (Wildman–Crippen MR) is 81.6 cm³/mol. The van der Waals surface area contributed by atoms with E-state index in [2.05, 4.69) is 0 Å². The van der Waals surface area contributed by atoms with Crippen LogP contribution in [-0.2, 0) is 17.6 Å². The van der Waals surface area contributed by atoms with E-state index >= 15 is 0 Å². The van der Waals surface area contributed by atoms with Crippen molar-refractivity contribution in [3.8, 4) is 5.75 Å². The smallest absolute Gasteiger partial charge is 0.141 e. The summed E-state index contributed by atoms with van der Waals surface area (Å²) < 4.78 is 5.09. The molecular formula is C17H17ClO2. The number of carbonyl (C=O) groups excluding carboxylic acids is 1. The zero-order chi connectivity index (χ0) is 14.5. The second-order valence-electron chi connectivity index (χ2n) is 4.84. The molecule has 0 aromatic heterocycles. The molecule has 0 spiro atoms. The van der Waals surface area contributed by atoms with Crippen LogP contribution in [0.3, 0.4) is 0 Å². The molecule has 0 N–H and O–H groups in total. The number of aryl methyl sites for hydroxylation is 1. The number of ether oxygens (including phenoxy) is 1. The first-order valence-corrected chi connectivity index (χ1v) is 6.86. The van der Waals surface area contributed by atoms with Crippen LogP contribution in [0.5, 0.6) is 5.75 Å². The first kappa shape index (κ1) is 14.6. The zero-order valence-corrected chi connectivity index (χ0v) is 12.4. The van der Waals surface area contributed by atoms with Crippen molar-refractivity contribution in [1.29, 1.82) is 0 Å². The van der Waals surface area contributed by atoms with Gasteiger partial charge < -0.3 is 4.74 Å². The Morgan fingerprint density at radius 1 is 1.10 bits per heavy atom. The molecule has 0 saturated heterocycles. The van der Waals surface area contributed by atoms with Crippen molar-refractivity contribution in [2.75, 3.05) is 7.11 Å². The molecule has 0 atom stereocenters. The van der Waals surface area contributed by atoms with Crippen LogP contribution in [0, 0.1) is 6.92 Å². The normalized spacial score (nSPS) is 10.3. The highest BCUT2D eigenvalue weighted by Crippen LogP contribution is 2.19. The fourth-order valence-electron chi connectivity index (χ4n) is 2.04. The lowest BCUT2D eigenvalue weighted by atomic mass is 10.0. The fraction of sp³-hybridized carbons (Fsp3) is 0.235. The molecule has 20 heavy (non-hydrogen) atoms. The van der Waals surface area contributed by atoms with Crippen LogP contribution in [0.25, 0.3) is 0 Å². The van der Waals surface area contributed by atoms with Gasteiger partial charge in [-0.3, -0.25) is 4.79 Å². The molecule has 0 fully saturated rings. The van der Waals surface area contributed by atoms with Gasteiger partial charge >= 0.3 is 0 Å². The van der Waals surface area contributed by atoms with Crippen molar-refractivity contribution >= 4 is 17.4 Å². The Morgan fingerprint density at radius 2 is 1.80 bits per heavy atom. The Labute approximate surface area is 124 Å². The summed E-state index contributed by atoms with van der Waals surface area (Å²) in [7, 11) is 1.62. The molecule has 2 aromatic carbocycles. The Kier molecular flexibility index (Phi) is 4.80. The molecule has 0 saturated carbocycles. The summed E-state index contributed by atoms with van der Waals surface area (Å²) in [6.07, 6.45) is 0.777. The van der Waals surface area contributed by atoms with Crippen molar-refractivity contribution in [3.05, 3.63) is 64.2 Å². The highest BCUT2D eigenvalue weighted by molar-refractivity contribution is 6.31. The van der Waals surface area contributed by atoms with Crippen molar-refractivity contribution in [3.63, 3.8) is 0 Å². The van der Waals surface area contributed by atoms with E-state index in [1.807, 2.05) is 49.4 Å². The highest BCUT2D eigenvalue weighted by atomic mass is 35.5. The van der Waals surface area contributed by atoms with Gasteiger partial charge in [0.1, 0.15) is 11.5 Å². The highest BCUT2D eigenvalue weighted by Gasteiger charge is 2.08. The third-order valence-electron chi connectivity index (χ3n) is 3.16. The van der Waals surface area contributed by atoms with Gasteiger partial charge in [0.15, 0.2) is 0 Å². The maximum absolute atomic E-state index is 12.1. The summed E-state index contributed by atoms with van der Waals surface area (Å²) >= 11 is 6.15. The molecule has 0 aliphatic rings. The Bertz CT molecular complexity index is 603. The number of carbonyl (C=O) groups is 1. The van der Waals surface area contributed by atoms with Crippen molar-refractivity contribution in [2.45, 2.75) is 19.8 Å². The van der Waals surface area contributed by atoms with Crippen LogP contribution < -0.4 is 4.74 Å². The Hall–Kier alpha value is -1.80. The number of Topliss-reactive ketones (excluding diaryl/α,β-unsaturated/α-hetero) is 1. The summed E-state index contributed by atoms with van der Waals surface area (Å²) in [6, 6.07) is 13.3. The molecule has 0 radical (unpaired) electrons. The maximum atomic E-state index is 12.1. The second-order valence-corrected chi connectivity index (χ2v) is 5.24. The molecule has 2 rings (SSSR count). The van der Waals surface area contributed by atoms with E-state index in [-0.39, 0.29) is 5.78 Å². The number of hydrogen-bond donors (Lipinski definition) is 0. The maximum Gasteiger partial charge on any atom is 0.141 e. The van der Waals surface area contributed by atoms with Crippen LogP contribution in [0.4, 0.5) is 0 Å². The van der Waals surface area contributed by atoms with Crippen molar-refractivity contribution < 1.29 is 9.53 Å². The van der Waals surface area contributed by atoms with Gasteiger partial charge in [-0.05, 0) is 41.8 Å². The van der Waals surface area contributed by atoms with E-state index in [0.717, 1.165) is 22.4 Å². The first-order chi connectivity index (χ1) is 9.58. The lowest BCUT2D eigenvalue weighted by molar-refractivity contribution is -0.117. The van der Waals surface area contributed by atoms with E-state index < -0.39 is 0 Å². The molecule has 2 nitrogen and oxygen atoms in total. The van der Waals surface area contributed by atoms with Crippen LogP contribution in [0.2, 0.25) is 5.02 Å². The lowest BCUT2D eigenvalue weighted by Gasteiger charge is -2.06. The van der Waals surface area contributed by atoms with Gasteiger partial charge in [-0.15, -0.1) is 0 Å². The van der Waals surface area contributed by atoms with Gasteiger partial charge in [0.05, 0.1) is 7.11 Å². The lowest BCUT2D eigenvalue weighted by Crippen LogP contribution is -2.07. The minimum Gasteiger partial charge on any atom is -0.497 e. The van der Waals surface area contributed by atoms with Crippen molar-refractivity contribution in [2.24, 2.45) is 0 Å². The SMILES string of the molecule is COc1ccc(CC(=O)Cc2ccc(C)cc2Cl)cc1. The average Bonchev–Trinajstić information content (AvgIpc) is 2.43. The fourth-order valence-corrected chi connectivity index (χ4v) is 2.34. The summed E-state index contributed by atoms with van der Waals surface area (Å²) in [5.41, 5.74) is 2.97. The molecule has 104 valence electrons. The van der Waals surface area contributed by atoms with Gasteiger partial charge in [-0.2, -0.15) is 0 Å². The molecule has 0 bridgehead atoms. The van der Waals surface area contributed by atoms with Gasteiger partial charge in [-0.1, -0.05) is 35.9 Å². The minimum absolute atomic E-state index is 0.154. The molecule has 0 heterocycles. The topological polar surface area (TPSA) is 26.3 Å². The molecular weight excluding hydrogens is 272 g/mol. The van der Waals surface area contributed by atoms with E-state index in [9.17, 15) is 4.79 Å². The Morgan fingerprint density at radius 3 is 2.40 bits per heavy atom. The summed E-state index contributed by atoms with van der Waals surface area (Å²) in [4.78, 5) is 12.1. The van der Waals surface area contributed by atoms with Gasteiger partial charge in [0, 0.05) is 17.9 Å². The van der Waals surface area contributed by atoms with E-state index in [1.54, 1.807) is 7.11 Å². The van der Waals surface area contributed by atoms with Crippen LogP contribution in [0.15, 0.2) is 42.5 Å². The van der Waals surface area contributed by atoms with Crippen molar-refractivity contribution in [1.82, 2.24) is 0 Å². The number of benzene rings is 2. The predicted octanol–water partition coefficient (Wildman–Crippen LogP) is 4.01. The quantitative estimate of drug-likeness (QED) is 0.831. The standard InChI is InChI=1S/C17H17ClO2/c1-12-3-6-14(17(18)9-12)11-15(19)10-13-4-7-16(20-2)8-5-13/h3-9H,10-11H2,1-2H3. The molecule has 0 amide bonds. The van der Waals surface area contributed by atoms with Crippen LogP contribution in [0.1, 0.15) is 16.7 Å². The largest absolute Gasteiger partial charge is 0.497 e. The number of ketones is 1. The van der Waals surface area contributed by atoms with Gasteiger partial charge in [-0.25, -0.2) is 0 Å². The van der Waals surface area contributed by atoms with Gasteiger partial charge in [0.2, 0.25) is 0 Å². The summed E-state index contributed by atoms with van der Waals surface area (Å²) in [6.45, 7) is 1.98. The molecule has 2 aromatic rings. The van der Waals surface area contributed by atoms with E-state index in [4.69, 9.17) is 16.3 Å². The van der Waals surface area contributed by atoms with E-state index in [0.29, 0.717) is 17.9 Å². The summed E-state index contributed by atoms with van der Waals surface area (Å²) in [5.74, 6) is 0.948. The second kappa shape index (κ2) is 6.58. The van der Waals surface area contributed by atoms with E-state index in [1.165, 1.54) is 0 Å². The summed E-state index contributed by atoms with van der Waals surface area (Å²) in [5, 5.41) is 0.660. The monoisotopic (exact) mass is 288 g/mol. The third kappa shape index (κ3) is 3.84. The average molecular weight is 289 g/mol. The number of methoxy groups -OCH3 is 1. The molecule has 0 aliphatic carbocycles.